The number of aliphatic hydroxyl groups is 1. The normalized spacial score (nSPS) is 25.7. The molecule has 2 heteroatoms. The molecule has 0 amide bonds. The van der Waals surface area contributed by atoms with Gasteiger partial charge in [-0.25, -0.2) is 0 Å². The number of hydrogen-bond acceptors (Lipinski definition) is 2. The molecule has 1 saturated heterocycles. The van der Waals surface area contributed by atoms with E-state index in [0.29, 0.717) is 13.0 Å². The standard InChI is InChI=1S/C14H20O2/c1-11-4-5-12(2)13(8-11)9-14(15)6-3-7-16-10-14/h4-5,8,15H,3,6-7,9-10H2,1-2H3. The third kappa shape index (κ3) is 2.63. The summed E-state index contributed by atoms with van der Waals surface area (Å²) in [6.45, 7) is 5.45. The quantitative estimate of drug-likeness (QED) is 0.829. The van der Waals surface area contributed by atoms with Crippen molar-refractivity contribution in [3.63, 3.8) is 0 Å². The van der Waals surface area contributed by atoms with Gasteiger partial charge in [0.15, 0.2) is 0 Å². The van der Waals surface area contributed by atoms with Gasteiger partial charge in [0.25, 0.3) is 0 Å². The first kappa shape index (κ1) is 11.6. The molecule has 2 rings (SSSR count). The third-order valence-corrected chi connectivity index (χ3v) is 3.33. The second-order valence-electron chi connectivity index (χ2n) is 4.99. The Morgan fingerprint density at radius 2 is 2.19 bits per heavy atom. The molecule has 1 unspecified atom stereocenters. The average Bonchev–Trinajstić information content (AvgIpc) is 2.24. The first-order valence-corrected chi connectivity index (χ1v) is 5.95. The Labute approximate surface area is 97.3 Å². The van der Waals surface area contributed by atoms with Crippen LogP contribution in [-0.4, -0.2) is 23.9 Å². The maximum absolute atomic E-state index is 10.4. The summed E-state index contributed by atoms with van der Waals surface area (Å²) in [5, 5.41) is 10.4. The predicted octanol–water partition coefficient (Wildman–Crippen LogP) is 2.39. The van der Waals surface area contributed by atoms with Gasteiger partial charge in [-0.15, -0.1) is 0 Å². The summed E-state index contributed by atoms with van der Waals surface area (Å²) in [6, 6.07) is 6.40. The highest BCUT2D eigenvalue weighted by Gasteiger charge is 2.30. The number of hydrogen-bond donors (Lipinski definition) is 1. The molecular formula is C14H20O2. The second kappa shape index (κ2) is 4.56. The minimum absolute atomic E-state index is 0.473. The third-order valence-electron chi connectivity index (χ3n) is 3.33. The molecule has 0 saturated carbocycles. The molecule has 0 bridgehead atoms. The van der Waals surface area contributed by atoms with Crippen molar-refractivity contribution in [1.82, 2.24) is 0 Å². The summed E-state index contributed by atoms with van der Waals surface area (Å²) < 4.78 is 5.38. The van der Waals surface area contributed by atoms with Crippen LogP contribution in [0.25, 0.3) is 0 Å². The van der Waals surface area contributed by atoms with E-state index in [1.54, 1.807) is 0 Å². The van der Waals surface area contributed by atoms with Crippen molar-refractivity contribution < 1.29 is 9.84 Å². The SMILES string of the molecule is Cc1ccc(C)c(CC2(O)CCCOC2)c1. The van der Waals surface area contributed by atoms with E-state index in [0.717, 1.165) is 19.4 Å². The molecule has 2 nitrogen and oxygen atoms in total. The first-order valence-electron chi connectivity index (χ1n) is 5.95. The van der Waals surface area contributed by atoms with Gasteiger partial charge in [0.2, 0.25) is 0 Å². The lowest BCUT2D eigenvalue weighted by Crippen LogP contribution is -2.40. The molecule has 0 radical (unpaired) electrons. The van der Waals surface area contributed by atoms with Crippen molar-refractivity contribution in [3.8, 4) is 0 Å². The number of rotatable bonds is 2. The molecule has 1 N–H and O–H groups in total. The van der Waals surface area contributed by atoms with E-state index >= 15 is 0 Å². The minimum atomic E-state index is -0.656. The van der Waals surface area contributed by atoms with Gasteiger partial charge in [0.1, 0.15) is 0 Å². The summed E-state index contributed by atoms with van der Waals surface area (Å²) in [4.78, 5) is 0. The molecule has 16 heavy (non-hydrogen) atoms. The smallest absolute Gasteiger partial charge is 0.0921 e. The van der Waals surface area contributed by atoms with Crippen molar-refractivity contribution in [1.29, 1.82) is 0 Å². The molecular weight excluding hydrogens is 200 g/mol. The molecule has 88 valence electrons. The van der Waals surface area contributed by atoms with Crippen LogP contribution >= 0.6 is 0 Å². The molecule has 0 aromatic heterocycles. The van der Waals surface area contributed by atoms with Gasteiger partial charge < -0.3 is 9.84 Å². The van der Waals surface area contributed by atoms with Gasteiger partial charge in [-0.3, -0.25) is 0 Å². The van der Waals surface area contributed by atoms with E-state index in [1.807, 2.05) is 0 Å². The fourth-order valence-corrected chi connectivity index (χ4v) is 2.32. The summed E-state index contributed by atoms with van der Waals surface area (Å²) in [5.74, 6) is 0. The van der Waals surface area contributed by atoms with Gasteiger partial charge in [0.05, 0.1) is 12.2 Å². The predicted molar refractivity (Wildman–Crippen MR) is 64.6 cm³/mol. The molecule has 1 aliphatic heterocycles. The number of benzene rings is 1. The topological polar surface area (TPSA) is 29.5 Å². The van der Waals surface area contributed by atoms with E-state index in [1.165, 1.54) is 16.7 Å². The molecule has 1 heterocycles. The number of aryl methyl sites for hydroxylation is 2. The van der Waals surface area contributed by atoms with Crippen LogP contribution in [0.2, 0.25) is 0 Å². The van der Waals surface area contributed by atoms with Crippen LogP contribution in [0.1, 0.15) is 29.5 Å². The van der Waals surface area contributed by atoms with Crippen molar-refractivity contribution in [2.24, 2.45) is 0 Å². The summed E-state index contributed by atoms with van der Waals surface area (Å²) in [5.41, 5.74) is 3.09. The maximum Gasteiger partial charge on any atom is 0.0921 e. The van der Waals surface area contributed by atoms with Crippen molar-refractivity contribution >= 4 is 0 Å². The Morgan fingerprint density at radius 1 is 1.38 bits per heavy atom. The zero-order valence-electron chi connectivity index (χ0n) is 10.1. The fourth-order valence-electron chi connectivity index (χ4n) is 2.32. The lowest BCUT2D eigenvalue weighted by atomic mass is 9.87. The van der Waals surface area contributed by atoms with Crippen LogP contribution < -0.4 is 0 Å². The fraction of sp³-hybridized carbons (Fsp3) is 0.571. The molecule has 0 spiro atoms. The first-order chi connectivity index (χ1) is 7.59. The van der Waals surface area contributed by atoms with Gasteiger partial charge >= 0.3 is 0 Å². The van der Waals surface area contributed by atoms with E-state index < -0.39 is 5.60 Å². The summed E-state index contributed by atoms with van der Waals surface area (Å²) in [7, 11) is 0. The maximum atomic E-state index is 10.4. The van der Waals surface area contributed by atoms with Crippen LogP contribution in [0.5, 0.6) is 0 Å². The van der Waals surface area contributed by atoms with Crippen molar-refractivity contribution in [2.45, 2.75) is 38.7 Å². The second-order valence-corrected chi connectivity index (χ2v) is 4.99. The Kier molecular flexibility index (Phi) is 3.31. The highest BCUT2D eigenvalue weighted by Crippen LogP contribution is 2.25. The van der Waals surface area contributed by atoms with Gasteiger partial charge in [-0.2, -0.15) is 0 Å². The largest absolute Gasteiger partial charge is 0.387 e. The number of ether oxygens (including phenoxy) is 1. The Balaban J connectivity index is 2.15. The van der Waals surface area contributed by atoms with E-state index in [4.69, 9.17) is 4.74 Å². The molecule has 1 fully saturated rings. The van der Waals surface area contributed by atoms with Crippen molar-refractivity contribution in [3.05, 3.63) is 34.9 Å². The lowest BCUT2D eigenvalue weighted by molar-refractivity contribution is -0.0845. The van der Waals surface area contributed by atoms with Crippen LogP contribution in [0.15, 0.2) is 18.2 Å². The molecule has 1 atom stereocenters. The van der Waals surface area contributed by atoms with E-state index in [9.17, 15) is 5.11 Å². The van der Waals surface area contributed by atoms with E-state index in [2.05, 4.69) is 32.0 Å². The van der Waals surface area contributed by atoms with Gasteiger partial charge in [0, 0.05) is 13.0 Å². The highest BCUT2D eigenvalue weighted by atomic mass is 16.5. The van der Waals surface area contributed by atoms with Gasteiger partial charge in [-0.1, -0.05) is 23.8 Å². The molecule has 1 aliphatic rings. The van der Waals surface area contributed by atoms with Gasteiger partial charge in [-0.05, 0) is 37.8 Å². The van der Waals surface area contributed by atoms with Crippen LogP contribution in [0.4, 0.5) is 0 Å². The molecule has 0 aliphatic carbocycles. The Hall–Kier alpha value is -0.860. The average molecular weight is 220 g/mol. The van der Waals surface area contributed by atoms with Crippen LogP contribution in [0, 0.1) is 13.8 Å². The van der Waals surface area contributed by atoms with Crippen LogP contribution in [-0.2, 0) is 11.2 Å². The highest BCUT2D eigenvalue weighted by molar-refractivity contribution is 5.31. The van der Waals surface area contributed by atoms with Crippen LogP contribution in [0.3, 0.4) is 0 Å². The molecule has 1 aromatic carbocycles. The summed E-state index contributed by atoms with van der Waals surface area (Å²) >= 11 is 0. The molecule has 1 aromatic rings. The Morgan fingerprint density at radius 3 is 2.88 bits per heavy atom. The Bertz CT molecular complexity index is 365. The minimum Gasteiger partial charge on any atom is -0.387 e. The monoisotopic (exact) mass is 220 g/mol. The van der Waals surface area contributed by atoms with E-state index in [-0.39, 0.29) is 0 Å². The zero-order chi connectivity index (χ0) is 11.6. The van der Waals surface area contributed by atoms with Crippen molar-refractivity contribution in [2.75, 3.05) is 13.2 Å². The lowest BCUT2D eigenvalue weighted by Gasteiger charge is -2.32. The summed E-state index contributed by atoms with van der Waals surface area (Å²) in [6.07, 6.45) is 2.52. The zero-order valence-corrected chi connectivity index (χ0v) is 10.1.